The molecule has 2 rings (SSSR count). The fourth-order valence-corrected chi connectivity index (χ4v) is 3.43. The highest BCUT2D eigenvalue weighted by Crippen LogP contribution is 2.20. The number of nitrogens with one attached hydrogen (secondary N) is 1. The van der Waals surface area contributed by atoms with E-state index in [9.17, 15) is 0 Å². The molecule has 3 N–H and O–H groups in total. The number of thioether (sulfide) groups is 1. The van der Waals surface area contributed by atoms with Gasteiger partial charge in [-0.2, -0.15) is 0 Å². The minimum Gasteiger partial charge on any atom is -0.271 e. The Bertz CT molecular complexity index is 428. The molecule has 2 aromatic rings. The maximum atomic E-state index is 5.62. The fraction of sp³-hybridized carbons (Fsp3) is 0.286. The van der Waals surface area contributed by atoms with Crippen molar-refractivity contribution in [3.05, 3.63) is 52.7 Å². The highest BCUT2D eigenvalue weighted by atomic mass is 32.2. The first-order valence-electron chi connectivity index (χ1n) is 6.05. The van der Waals surface area contributed by atoms with Gasteiger partial charge in [0.05, 0.1) is 0 Å². The summed E-state index contributed by atoms with van der Waals surface area (Å²) in [5, 5.41) is 2.12. The number of benzene rings is 1. The molecule has 0 saturated heterocycles. The van der Waals surface area contributed by atoms with Crippen molar-refractivity contribution in [2.24, 2.45) is 5.84 Å². The second kappa shape index (κ2) is 7.59. The molecule has 0 aliphatic heterocycles. The zero-order valence-electron chi connectivity index (χ0n) is 10.2. The van der Waals surface area contributed by atoms with Gasteiger partial charge in [-0.3, -0.25) is 11.3 Å². The second-order valence-corrected chi connectivity index (χ2v) is 6.23. The zero-order chi connectivity index (χ0) is 12.6. The highest BCUT2D eigenvalue weighted by Gasteiger charge is 2.08. The average Bonchev–Trinajstić information content (AvgIpc) is 2.93. The van der Waals surface area contributed by atoms with Crippen molar-refractivity contribution in [1.82, 2.24) is 5.43 Å². The first-order chi connectivity index (χ1) is 8.88. The van der Waals surface area contributed by atoms with Crippen LogP contribution in [0, 0.1) is 0 Å². The van der Waals surface area contributed by atoms with Crippen molar-refractivity contribution in [2.45, 2.75) is 23.8 Å². The lowest BCUT2D eigenvalue weighted by molar-refractivity contribution is 0.541. The lowest BCUT2D eigenvalue weighted by atomic mass is 10.2. The van der Waals surface area contributed by atoms with Crippen LogP contribution in [0.3, 0.4) is 0 Å². The van der Waals surface area contributed by atoms with E-state index < -0.39 is 0 Å². The van der Waals surface area contributed by atoms with E-state index in [1.165, 1.54) is 9.77 Å². The molecule has 4 heteroatoms. The molecule has 1 aromatic carbocycles. The van der Waals surface area contributed by atoms with Gasteiger partial charge in [0.1, 0.15) is 0 Å². The summed E-state index contributed by atoms with van der Waals surface area (Å²) in [6.45, 7) is 0. The SMILES string of the molecule is NNC(CCc1cccs1)CSc1ccccc1. The molecule has 18 heavy (non-hydrogen) atoms. The summed E-state index contributed by atoms with van der Waals surface area (Å²) >= 11 is 3.67. The topological polar surface area (TPSA) is 38.0 Å². The van der Waals surface area contributed by atoms with Gasteiger partial charge in [0.2, 0.25) is 0 Å². The van der Waals surface area contributed by atoms with E-state index in [4.69, 9.17) is 5.84 Å². The van der Waals surface area contributed by atoms with Gasteiger partial charge >= 0.3 is 0 Å². The molecule has 1 unspecified atom stereocenters. The predicted molar refractivity (Wildman–Crippen MR) is 80.9 cm³/mol. The van der Waals surface area contributed by atoms with Gasteiger partial charge < -0.3 is 0 Å². The Balaban J connectivity index is 1.75. The number of hydrogen-bond acceptors (Lipinski definition) is 4. The minimum atomic E-state index is 0.359. The van der Waals surface area contributed by atoms with E-state index in [0.717, 1.165) is 18.6 Å². The van der Waals surface area contributed by atoms with Crippen LogP contribution in [0.2, 0.25) is 0 Å². The predicted octanol–water partition coefficient (Wildman–Crippen LogP) is 3.30. The molecule has 96 valence electrons. The van der Waals surface area contributed by atoms with Crippen LogP contribution in [0.4, 0.5) is 0 Å². The van der Waals surface area contributed by atoms with Crippen LogP contribution in [0.5, 0.6) is 0 Å². The molecule has 2 nitrogen and oxygen atoms in total. The van der Waals surface area contributed by atoms with Crippen molar-refractivity contribution in [2.75, 3.05) is 5.75 Å². The third kappa shape index (κ3) is 4.46. The molecule has 1 atom stereocenters. The Morgan fingerprint density at radius 1 is 1.17 bits per heavy atom. The van der Waals surface area contributed by atoms with E-state index in [1.54, 1.807) is 0 Å². The minimum absolute atomic E-state index is 0.359. The average molecular weight is 278 g/mol. The van der Waals surface area contributed by atoms with E-state index in [-0.39, 0.29) is 0 Å². The van der Waals surface area contributed by atoms with Crippen molar-refractivity contribution in [3.63, 3.8) is 0 Å². The monoisotopic (exact) mass is 278 g/mol. The molecular weight excluding hydrogens is 260 g/mol. The van der Waals surface area contributed by atoms with Gasteiger partial charge in [-0.15, -0.1) is 23.1 Å². The molecule has 0 bridgehead atoms. The van der Waals surface area contributed by atoms with E-state index >= 15 is 0 Å². The van der Waals surface area contributed by atoms with E-state index in [1.807, 2.05) is 29.2 Å². The summed E-state index contributed by atoms with van der Waals surface area (Å²) in [4.78, 5) is 2.73. The van der Waals surface area contributed by atoms with Crippen molar-refractivity contribution in [3.8, 4) is 0 Å². The van der Waals surface area contributed by atoms with Gasteiger partial charge in [0, 0.05) is 21.6 Å². The lowest BCUT2D eigenvalue weighted by Crippen LogP contribution is -2.37. The first-order valence-corrected chi connectivity index (χ1v) is 7.91. The van der Waals surface area contributed by atoms with Crippen LogP contribution >= 0.6 is 23.1 Å². The third-order valence-corrected chi connectivity index (χ3v) is 4.86. The number of nitrogens with two attached hydrogens (primary N) is 1. The van der Waals surface area contributed by atoms with Crippen LogP contribution in [0.25, 0.3) is 0 Å². The van der Waals surface area contributed by atoms with Crippen molar-refractivity contribution in [1.29, 1.82) is 0 Å². The van der Waals surface area contributed by atoms with Crippen LogP contribution in [-0.2, 0) is 6.42 Å². The van der Waals surface area contributed by atoms with Gasteiger partial charge in [-0.05, 0) is 36.4 Å². The van der Waals surface area contributed by atoms with Gasteiger partial charge in [0.15, 0.2) is 0 Å². The summed E-state index contributed by atoms with van der Waals surface area (Å²) in [7, 11) is 0. The number of aryl methyl sites for hydroxylation is 1. The summed E-state index contributed by atoms with van der Waals surface area (Å²) < 4.78 is 0. The maximum absolute atomic E-state index is 5.62. The Morgan fingerprint density at radius 3 is 2.67 bits per heavy atom. The summed E-state index contributed by atoms with van der Waals surface area (Å²) in [5.41, 5.74) is 2.92. The Kier molecular flexibility index (Phi) is 5.74. The highest BCUT2D eigenvalue weighted by molar-refractivity contribution is 7.99. The quantitative estimate of drug-likeness (QED) is 0.463. The summed E-state index contributed by atoms with van der Waals surface area (Å²) in [6, 6.07) is 15.1. The lowest BCUT2D eigenvalue weighted by Gasteiger charge is -2.14. The van der Waals surface area contributed by atoms with Gasteiger partial charge in [-0.25, -0.2) is 0 Å². The summed E-state index contributed by atoms with van der Waals surface area (Å²) in [6.07, 6.45) is 2.18. The fourth-order valence-electron chi connectivity index (χ4n) is 1.70. The van der Waals surface area contributed by atoms with Crippen molar-refractivity contribution >= 4 is 23.1 Å². The number of hydrazine groups is 1. The van der Waals surface area contributed by atoms with Crippen LogP contribution in [0.1, 0.15) is 11.3 Å². The smallest absolute Gasteiger partial charge is 0.0308 e. The first kappa shape index (κ1) is 13.6. The molecule has 0 radical (unpaired) electrons. The Morgan fingerprint density at radius 2 is 2.00 bits per heavy atom. The van der Waals surface area contributed by atoms with Gasteiger partial charge in [0.25, 0.3) is 0 Å². The Hall–Kier alpha value is -0.810. The van der Waals surface area contributed by atoms with E-state index in [2.05, 4.69) is 47.2 Å². The number of hydrogen-bond donors (Lipinski definition) is 2. The molecular formula is C14H18N2S2. The molecule has 0 fully saturated rings. The summed E-state index contributed by atoms with van der Waals surface area (Å²) in [5.74, 6) is 6.62. The van der Waals surface area contributed by atoms with E-state index in [0.29, 0.717) is 6.04 Å². The van der Waals surface area contributed by atoms with Gasteiger partial charge in [-0.1, -0.05) is 24.3 Å². The molecule has 0 spiro atoms. The Labute approximate surface area is 117 Å². The number of rotatable bonds is 7. The molecule has 1 aromatic heterocycles. The normalized spacial score (nSPS) is 12.5. The molecule has 0 saturated carbocycles. The zero-order valence-corrected chi connectivity index (χ0v) is 11.8. The molecule has 1 heterocycles. The van der Waals surface area contributed by atoms with Crippen molar-refractivity contribution < 1.29 is 0 Å². The molecule has 0 amide bonds. The van der Waals surface area contributed by atoms with Crippen LogP contribution < -0.4 is 11.3 Å². The van der Waals surface area contributed by atoms with Crippen LogP contribution in [0.15, 0.2) is 52.7 Å². The second-order valence-electron chi connectivity index (χ2n) is 4.11. The largest absolute Gasteiger partial charge is 0.271 e. The standard InChI is InChI=1S/C14H18N2S2/c15-16-12(8-9-14-7-4-10-17-14)11-18-13-5-2-1-3-6-13/h1-7,10,12,16H,8-9,11,15H2. The van der Waals surface area contributed by atoms with Crippen LogP contribution in [-0.4, -0.2) is 11.8 Å². The number of thiophene rings is 1. The maximum Gasteiger partial charge on any atom is 0.0308 e. The molecule has 0 aliphatic carbocycles. The molecule has 0 aliphatic rings. The third-order valence-electron chi connectivity index (χ3n) is 2.75.